The van der Waals surface area contributed by atoms with Crippen LogP contribution in [0.4, 0.5) is 39.8 Å². The molecule has 6 nitrogen and oxygen atoms in total. The van der Waals surface area contributed by atoms with Crippen LogP contribution in [0.2, 0.25) is 0 Å². The Bertz CT molecular complexity index is 3680. The predicted octanol–water partition coefficient (Wildman–Crippen LogP) is 17.4. The third-order valence-corrected chi connectivity index (χ3v) is 12.6. The van der Waals surface area contributed by atoms with Gasteiger partial charge in [0.05, 0.1) is 23.6 Å². The second-order valence-electron chi connectivity index (χ2n) is 17.2. The van der Waals surface area contributed by atoms with E-state index in [0.717, 1.165) is 99.5 Å². The molecule has 0 aliphatic rings. The summed E-state index contributed by atoms with van der Waals surface area (Å²) in [7, 11) is 0. The van der Waals surface area contributed by atoms with Crippen LogP contribution in [0.1, 0.15) is 56.2 Å². The van der Waals surface area contributed by atoms with Crippen molar-refractivity contribution in [3.05, 3.63) is 198 Å². The Morgan fingerprint density at radius 2 is 0.922 bits per heavy atom. The number of anilines is 6. The Labute approximate surface area is 371 Å². The van der Waals surface area contributed by atoms with Crippen molar-refractivity contribution in [3.8, 4) is 6.07 Å². The van der Waals surface area contributed by atoms with Gasteiger partial charge in [-0.05, 0) is 166 Å². The summed E-state index contributed by atoms with van der Waals surface area (Å²) in [5.74, 6) is 0.856. The number of furan rings is 2. The standard InChI is InChI=1S/C58H42N4O2/c1-35(2)38-8-18-46(19-9-38)61(45-16-6-37(34-59)7-17-45)49-23-13-41-31-53-56(33-43(41)29-49)63-54-27-26-51-52-30-40-12-22-50(28-42(40)32-55(52)64-58(51)57(53)54)62(48-24-14-44(60-5)15-25-48)47-20-10-39(11-21-47)36(3)4/h6-33,35-36H,1-4H3. The van der Waals surface area contributed by atoms with Crippen molar-refractivity contribution >= 4 is 105 Å². The van der Waals surface area contributed by atoms with E-state index in [2.05, 4.69) is 170 Å². The quantitative estimate of drug-likeness (QED) is 0.143. The highest BCUT2D eigenvalue weighted by Crippen LogP contribution is 2.44. The Balaban J connectivity index is 1.01. The van der Waals surface area contributed by atoms with E-state index in [1.165, 1.54) is 11.1 Å². The number of fused-ring (bicyclic) bond motifs is 9. The van der Waals surface area contributed by atoms with Gasteiger partial charge in [0.15, 0.2) is 5.69 Å². The molecule has 0 N–H and O–H groups in total. The predicted molar refractivity (Wildman–Crippen MR) is 265 cm³/mol. The molecule has 11 aromatic rings. The lowest BCUT2D eigenvalue weighted by atomic mass is 10.0. The first-order chi connectivity index (χ1) is 31.2. The van der Waals surface area contributed by atoms with Crippen molar-refractivity contribution < 1.29 is 8.83 Å². The van der Waals surface area contributed by atoms with Crippen LogP contribution in [0.25, 0.3) is 70.3 Å². The highest BCUT2D eigenvalue weighted by Gasteiger charge is 2.20. The summed E-state index contributed by atoms with van der Waals surface area (Å²) in [6.07, 6.45) is 0. The van der Waals surface area contributed by atoms with Crippen molar-refractivity contribution in [2.75, 3.05) is 9.80 Å². The number of nitrogens with zero attached hydrogens (tertiary/aromatic N) is 4. The maximum Gasteiger partial charge on any atom is 0.187 e. The van der Waals surface area contributed by atoms with E-state index in [1.54, 1.807) is 0 Å². The smallest absolute Gasteiger partial charge is 0.187 e. The Hall–Kier alpha value is -8.32. The zero-order valence-corrected chi connectivity index (χ0v) is 35.9. The molecule has 306 valence electrons. The Kier molecular flexibility index (Phi) is 9.19. The summed E-state index contributed by atoms with van der Waals surface area (Å²) < 4.78 is 13.5. The van der Waals surface area contributed by atoms with Gasteiger partial charge in [-0.1, -0.05) is 76.2 Å². The topological polar surface area (TPSA) is 60.9 Å². The van der Waals surface area contributed by atoms with Gasteiger partial charge >= 0.3 is 0 Å². The summed E-state index contributed by atoms with van der Waals surface area (Å²) in [6.45, 7) is 16.3. The van der Waals surface area contributed by atoms with Crippen molar-refractivity contribution in [2.24, 2.45) is 0 Å². The van der Waals surface area contributed by atoms with Crippen LogP contribution in [-0.2, 0) is 0 Å². The molecule has 0 unspecified atom stereocenters. The fraction of sp³-hybridized carbons (Fsp3) is 0.103. The number of hydrogen-bond donors (Lipinski definition) is 0. The van der Waals surface area contributed by atoms with Gasteiger partial charge in [-0.15, -0.1) is 0 Å². The van der Waals surface area contributed by atoms with Gasteiger partial charge in [-0.2, -0.15) is 5.26 Å². The van der Waals surface area contributed by atoms with Crippen LogP contribution >= 0.6 is 0 Å². The first kappa shape index (κ1) is 38.6. The summed E-state index contributed by atoms with van der Waals surface area (Å²) in [5.41, 5.74) is 13.0. The second kappa shape index (κ2) is 15.2. The molecule has 9 aromatic carbocycles. The van der Waals surface area contributed by atoms with Crippen LogP contribution in [-0.4, -0.2) is 0 Å². The van der Waals surface area contributed by atoms with Crippen molar-refractivity contribution in [3.63, 3.8) is 0 Å². The maximum absolute atomic E-state index is 9.51. The molecule has 11 rings (SSSR count). The molecule has 0 radical (unpaired) electrons. The minimum Gasteiger partial charge on any atom is -0.456 e. The van der Waals surface area contributed by atoms with Crippen LogP contribution < -0.4 is 9.80 Å². The van der Waals surface area contributed by atoms with E-state index in [-0.39, 0.29) is 0 Å². The maximum atomic E-state index is 9.51. The van der Waals surface area contributed by atoms with E-state index in [1.807, 2.05) is 48.5 Å². The summed E-state index contributed by atoms with van der Waals surface area (Å²) in [5, 5.41) is 17.9. The largest absolute Gasteiger partial charge is 0.456 e. The molecule has 0 aliphatic carbocycles. The lowest BCUT2D eigenvalue weighted by Crippen LogP contribution is -2.10. The first-order valence-electron chi connectivity index (χ1n) is 21.7. The highest BCUT2D eigenvalue weighted by molar-refractivity contribution is 6.24. The molecule has 64 heavy (non-hydrogen) atoms. The van der Waals surface area contributed by atoms with Crippen LogP contribution in [0.5, 0.6) is 0 Å². The van der Waals surface area contributed by atoms with Gasteiger partial charge in [0.2, 0.25) is 0 Å². The van der Waals surface area contributed by atoms with Crippen molar-refractivity contribution in [1.82, 2.24) is 0 Å². The lowest BCUT2D eigenvalue weighted by Gasteiger charge is -2.26. The fourth-order valence-corrected chi connectivity index (χ4v) is 9.10. The third kappa shape index (κ3) is 6.56. The molecule has 0 saturated heterocycles. The summed E-state index contributed by atoms with van der Waals surface area (Å²) >= 11 is 0. The van der Waals surface area contributed by atoms with Crippen molar-refractivity contribution in [2.45, 2.75) is 39.5 Å². The van der Waals surface area contributed by atoms with Gasteiger partial charge in [-0.25, -0.2) is 4.85 Å². The lowest BCUT2D eigenvalue weighted by molar-refractivity contribution is 0.663. The summed E-state index contributed by atoms with van der Waals surface area (Å²) in [4.78, 5) is 8.09. The number of hydrogen-bond acceptors (Lipinski definition) is 5. The average Bonchev–Trinajstić information content (AvgIpc) is 3.88. The minimum absolute atomic E-state index is 0.427. The van der Waals surface area contributed by atoms with E-state index in [4.69, 9.17) is 15.4 Å². The van der Waals surface area contributed by atoms with Crippen LogP contribution in [0.15, 0.2) is 179 Å². The van der Waals surface area contributed by atoms with Gasteiger partial charge in [-0.3, -0.25) is 0 Å². The highest BCUT2D eigenvalue weighted by atomic mass is 16.3. The van der Waals surface area contributed by atoms with Gasteiger partial charge in [0, 0.05) is 50.3 Å². The average molecular weight is 827 g/mol. The number of nitriles is 1. The molecule has 0 bridgehead atoms. The molecule has 0 saturated carbocycles. The minimum atomic E-state index is 0.427. The third-order valence-electron chi connectivity index (χ3n) is 12.6. The molecule has 0 amide bonds. The van der Waals surface area contributed by atoms with Gasteiger partial charge in [0.25, 0.3) is 0 Å². The molecule has 6 heteroatoms. The van der Waals surface area contributed by atoms with E-state index in [0.29, 0.717) is 23.1 Å². The second-order valence-corrected chi connectivity index (χ2v) is 17.2. The normalized spacial score (nSPS) is 11.7. The zero-order chi connectivity index (χ0) is 43.6. The molecular weight excluding hydrogens is 785 g/mol. The fourth-order valence-electron chi connectivity index (χ4n) is 9.10. The SMILES string of the molecule is [C-]#[N+]c1ccc(N(c2ccc(C(C)C)cc2)c2ccc3cc4c(cc3c2)oc2c4ccc3oc4cc5cc(N(c6ccc(C#N)cc6)c6ccc(C(C)C)cc6)ccc5cc4c32)cc1. The van der Waals surface area contributed by atoms with Gasteiger partial charge in [0.1, 0.15) is 22.3 Å². The van der Waals surface area contributed by atoms with Crippen molar-refractivity contribution in [1.29, 1.82) is 5.26 Å². The zero-order valence-electron chi connectivity index (χ0n) is 35.9. The first-order valence-corrected chi connectivity index (χ1v) is 21.7. The molecule has 0 aliphatic heterocycles. The van der Waals surface area contributed by atoms with Gasteiger partial charge < -0.3 is 18.6 Å². The van der Waals surface area contributed by atoms with E-state index < -0.39 is 0 Å². The van der Waals surface area contributed by atoms with Crippen LogP contribution in [0.3, 0.4) is 0 Å². The van der Waals surface area contributed by atoms with E-state index in [9.17, 15) is 5.26 Å². The number of benzene rings is 9. The molecule has 0 spiro atoms. The Morgan fingerprint density at radius 3 is 1.42 bits per heavy atom. The Morgan fingerprint density at radius 1 is 0.453 bits per heavy atom. The molecule has 0 fully saturated rings. The molecule has 2 heterocycles. The molecule has 0 atom stereocenters. The van der Waals surface area contributed by atoms with Crippen LogP contribution in [0, 0.1) is 17.9 Å². The monoisotopic (exact) mass is 826 g/mol. The number of rotatable bonds is 8. The van der Waals surface area contributed by atoms with E-state index >= 15 is 0 Å². The summed E-state index contributed by atoms with van der Waals surface area (Å²) in [6, 6.07) is 61.2. The molecular formula is C58H42N4O2. The molecule has 2 aromatic heterocycles.